The molecule has 0 N–H and O–H groups in total. The van der Waals surface area contributed by atoms with Gasteiger partial charge in [-0.05, 0) is 60.1 Å². The largest absolute Gasteiger partial charge is 0.433 e. The summed E-state index contributed by atoms with van der Waals surface area (Å²) in [7, 11) is 0. The Bertz CT molecular complexity index is 1720. The summed E-state index contributed by atoms with van der Waals surface area (Å²) in [6.45, 7) is 8.98. The molecule has 5 nitrogen and oxygen atoms in total. The summed E-state index contributed by atoms with van der Waals surface area (Å²) in [6.07, 6.45) is 9.03. The number of fused-ring (bicyclic) bond motifs is 2. The number of rotatable bonds is 4. The SMILES string of the molecule is CC1(C)CC(C)(C)c2cc(-c3ncc(-c4nc(C5CCCCC5)nc(C5CCCCC5)n4)c4nc(C(F)(F)F)ccc34)[c-]cc21.[Ir]. The van der Waals surface area contributed by atoms with E-state index in [1.165, 1.54) is 30.0 Å². The van der Waals surface area contributed by atoms with Crippen LogP contribution in [-0.4, -0.2) is 24.9 Å². The molecule has 0 amide bonds. The molecule has 7 rings (SSSR count). The molecule has 0 spiro atoms. The van der Waals surface area contributed by atoms with Crippen molar-refractivity contribution >= 4 is 10.9 Å². The van der Waals surface area contributed by atoms with Gasteiger partial charge in [-0.1, -0.05) is 72.3 Å². The molecular weight excluding hydrogens is 764 g/mol. The first kappa shape index (κ1) is 33.1. The number of alkyl halides is 3. The van der Waals surface area contributed by atoms with Crippen molar-refractivity contribution in [3.8, 4) is 22.6 Å². The molecule has 1 radical (unpaired) electrons. The summed E-state index contributed by atoms with van der Waals surface area (Å²) in [6, 6.07) is 10.1. The molecule has 46 heavy (non-hydrogen) atoms. The monoisotopic (exact) mass is 805 g/mol. The zero-order valence-electron chi connectivity index (χ0n) is 27.0. The second kappa shape index (κ2) is 12.4. The van der Waals surface area contributed by atoms with Gasteiger partial charge in [0, 0.05) is 38.1 Å². The number of pyridine rings is 2. The summed E-state index contributed by atoms with van der Waals surface area (Å²) in [5.74, 6) is 2.37. The number of halogens is 3. The first-order valence-electron chi connectivity index (χ1n) is 16.6. The number of benzene rings is 1. The average molecular weight is 805 g/mol. The summed E-state index contributed by atoms with van der Waals surface area (Å²) in [4.78, 5) is 24.1. The van der Waals surface area contributed by atoms with Crippen molar-refractivity contribution in [3.63, 3.8) is 0 Å². The molecule has 4 aromatic rings. The Hall–Kier alpha value is -2.77. The van der Waals surface area contributed by atoms with Crippen LogP contribution in [0, 0.1) is 6.07 Å². The van der Waals surface area contributed by atoms with Gasteiger partial charge in [0.15, 0.2) is 5.82 Å². The van der Waals surface area contributed by atoms with Gasteiger partial charge in [-0.15, -0.1) is 34.9 Å². The third-order valence-electron chi connectivity index (χ3n) is 10.4. The third kappa shape index (κ3) is 6.14. The van der Waals surface area contributed by atoms with Crippen molar-refractivity contribution in [3.05, 3.63) is 65.0 Å². The summed E-state index contributed by atoms with van der Waals surface area (Å²) in [5, 5.41) is 0.533. The second-order valence-corrected chi connectivity index (χ2v) is 14.8. The molecule has 3 aliphatic carbocycles. The fourth-order valence-corrected chi connectivity index (χ4v) is 8.31. The molecule has 0 saturated heterocycles. The number of hydrogen-bond acceptors (Lipinski definition) is 5. The molecule has 2 saturated carbocycles. The maximum atomic E-state index is 14.1. The van der Waals surface area contributed by atoms with Gasteiger partial charge >= 0.3 is 6.18 Å². The fourth-order valence-electron chi connectivity index (χ4n) is 8.31. The minimum absolute atomic E-state index is 0. The van der Waals surface area contributed by atoms with E-state index in [4.69, 9.17) is 19.9 Å². The maximum absolute atomic E-state index is 14.1. The molecule has 245 valence electrons. The van der Waals surface area contributed by atoms with Crippen molar-refractivity contribution in [1.29, 1.82) is 0 Å². The first-order chi connectivity index (χ1) is 21.4. The van der Waals surface area contributed by atoms with Crippen molar-refractivity contribution in [2.75, 3.05) is 0 Å². The number of nitrogens with zero attached hydrogens (tertiary/aromatic N) is 5. The molecule has 3 aromatic heterocycles. The van der Waals surface area contributed by atoms with E-state index in [0.717, 1.165) is 81.1 Å². The van der Waals surface area contributed by atoms with Crippen molar-refractivity contribution in [1.82, 2.24) is 24.9 Å². The predicted molar refractivity (Wildman–Crippen MR) is 170 cm³/mol. The van der Waals surface area contributed by atoms with Gasteiger partial charge in [-0.2, -0.15) is 13.2 Å². The van der Waals surface area contributed by atoms with E-state index >= 15 is 0 Å². The molecule has 0 bridgehead atoms. The van der Waals surface area contributed by atoms with Crippen LogP contribution in [0.5, 0.6) is 0 Å². The van der Waals surface area contributed by atoms with Crippen LogP contribution in [0.25, 0.3) is 33.5 Å². The molecule has 0 aliphatic heterocycles. The molecule has 2 fully saturated rings. The van der Waals surface area contributed by atoms with Crippen LogP contribution in [0.4, 0.5) is 13.2 Å². The third-order valence-corrected chi connectivity index (χ3v) is 10.4. The van der Waals surface area contributed by atoms with E-state index in [1.54, 1.807) is 6.20 Å². The van der Waals surface area contributed by atoms with Crippen LogP contribution in [-0.2, 0) is 37.1 Å². The van der Waals surface area contributed by atoms with E-state index in [1.807, 2.05) is 6.07 Å². The van der Waals surface area contributed by atoms with Gasteiger partial charge in [0.25, 0.3) is 0 Å². The van der Waals surface area contributed by atoms with Gasteiger partial charge in [0.2, 0.25) is 0 Å². The Morgan fingerprint density at radius 3 is 1.93 bits per heavy atom. The Morgan fingerprint density at radius 1 is 0.761 bits per heavy atom. The van der Waals surface area contributed by atoms with Crippen molar-refractivity contribution in [2.24, 2.45) is 0 Å². The van der Waals surface area contributed by atoms with Gasteiger partial charge in [0.05, 0.1) is 11.1 Å². The summed E-state index contributed by atoms with van der Waals surface area (Å²) < 4.78 is 42.2. The second-order valence-electron chi connectivity index (χ2n) is 14.8. The molecule has 0 unspecified atom stereocenters. The molecular formula is C37H41F3IrN5-. The Morgan fingerprint density at radius 2 is 1.35 bits per heavy atom. The average Bonchev–Trinajstić information content (AvgIpc) is 3.22. The van der Waals surface area contributed by atoms with Crippen LogP contribution >= 0.6 is 0 Å². The van der Waals surface area contributed by atoms with Crippen LogP contribution < -0.4 is 0 Å². The Balaban J connectivity index is 0.00000372. The van der Waals surface area contributed by atoms with Gasteiger partial charge in [-0.3, -0.25) is 0 Å². The van der Waals surface area contributed by atoms with Gasteiger partial charge in [-0.25, -0.2) is 19.9 Å². The van der Waals surface area contributed by atoms with Crippen LogP contribution in [0.15, 0.2) is 30.5 Å². The van der Waals surface area contributed by atoms with Gasteiger partial charge in [0.1, 0.15) is 17.3 Å². The zero-order chi connectivity index (χ0) is 31.6. The van der Waals surface area contributed by atoms with Gasteiger partial charge < -0.3 is 4.98 Å². The normalized spacial score (nSPS) is 20.0. The van der Waals surface area contributed by atoms with E-state index in [2.05, 4.69) is 44.8 Å². The Kier molecular flexibility index (Phi) is 8.90. The van der Waals surface area contributed by atoms with Crippen LogP contribution in [0.1, 0.15) is 139 Å². The fraction of sp³-hybridized carbons (Fsp3) is 0.541. The molecule has 1 aromatic carbocycles. The molecule has 3 heterocycles. The Labute approximate surface area is 283 Å². The van der Waals surface area contributed by atoms with E-state index < -0.39 is 11.9 Å². The molecule has 3 aliphatic rings. The predicted octanol–water partition coefficient (Wildman–Crippen LogP) is 10.0. The minimum atomic E-state index is -4.59. The smallest absolute Gasteiger partial charge is 0.303 e. The molecule has 0 atom stereocenters. The van der Waals surface area contributed by atoms with E-state index in [-0.39, 0.29) is 48.3 Å². The quantitative estimate of drug-likeness (QED) is 0.192. The van der Waals surface area contributed by atoms with Crippen LogP contribution in [0.3, 0.4) is 0 Å². The molecule has 9 heteroatoms. The van der Waals surface area contributed by atoms with Crippen LogP contribution in [0.2, 0.25) is 0 Å². The summed E-state index contributed by atoms with van der Waals surface area (Å²) in [5.41, 5.74) is 3.45. The van der Waals surface area contributed by atoms with Crippen molar-refractivity contribution in [2.45, 2.75) is 127 Å². The van der Waals surface area contributed by atoms with Crippen molar-refractivity contribution < 1.29 is 33.3 Å². The minimum Gasteiger partial charge on any atom is -0.303 e. The zero-order valence-corrected chi connectivity index (χ0v) is 29.4. The van der Waals surface area contributed by atoms with E-state index in [0.29, 0.717) is 22.5 Å². The van der Waals surface area contributed by atoms with E-state index in [9.17, 15) is 13.2 Å². The summed E-state index contributed by atoms with van der Waals surface area (Å²) >= 11 is 0. The standard InChI is InChI=1S/C37H41F3N5.Ir/c1-35(2)21-36(3,4)28-19-24(15-17-27(28)35)30-25-16-18-29(37(38,39)40)42-31(25)26(20-41-30)34-44-32(22-11-7-5-8-12-22)43-33(45-34)23-13-9-6-10-14-23;/h16-20,22-23H,5-14,21H2,1-4H3;/q-1;. The first-order valence-corrected chi connectivity index (χ1v) is 16.6. The maximum Gasteiger partial charge on any atom is 0.433 e. The number of hydrogen-bond donors (Lipinski definition) is 0. The topological polar surface area (TPSA) is 64.5 Å². The number of aromatic nitrogens is 5.